The van der Waals surface area contributed by atoms with Crippen LogP contribution in [0.2, 0.25) is 0 Å². The second-order valence-electron chi connectivity index (χ2n) is 5.04. The normalized spacial score (nSPS) is 23.1. The Morgan fingerprint density at radius 2 is 2.18 bits per heavy atom. The largest absolute Gasteiger partial charge is 0.448 e. The molecule has 3 heterocycles. The fourth-order valence-electron chi connectivity index (χ4n) is 2.72. The number of fused-ring (bicyclic) bond motifs is 2. The lowest BCUT2D eigenvalue weighted by atomic mass is 9.89. The fraction of sp³-hybridized carbons (Fsp3) is 0.667. The molecule has 92 valence electrons. The Kier molecular flexibility index (Phi) is 2.48. The van der Waals surface area contributed by atoms with E-state index in [-0.39, 0.29) is 11.6 Å². The Labute approximate surface area is 105 Å². The van der Waals surface area contributed by atoms with Crippen molar-refractivity contribution in [3.05, 3.63) is 16.1 Å². The van der Waals surface area contributed by atoms with Crippen molar-refractivity contribution in [1.29, 1.82) is 0 Å². The summed E-state index contributed by atoms with van der Waals surface area (Å²) in [4.78, 5) is 19.3. The van der Waals surface area contributed by atoms with E-state index in [2.05, 4.69) is 23.7 Å². The van der Waals surface area contributed by atoms with Gasteiger partial charge in [-0.15, -0.1) is 11.3 Å². The molecule has 0 atom stereocenters. The Bertz CT molecular complexity index is 447. The maximum Gasteiger partial charge on any atom is 0.359 e. The molecule has 17 heavy (non-hydrogen) atoms. The Morgan fingerprint density at radius 3 is 2.82 bits per heavy atom. The number of carbonyl (C=O) groups is 1. The first-order valence-corrected chi connectivity index (χ1v) is 6.92. The lowest BCUT2D eigenvalue weighted by Crippen LogP contribution is -2.45. The molecule has 1 saturated heterocycles. The number of hydrogen-bond acceptors (Lipinski definition) is 5. The van der Waals surface area contributed by atoms with Crippen LogP contribution in [0, 0.1) is 0 Å². The molecule has 1 spiro atoms. The Hall–Kier alpha value is -0.940. The highest BCUT2D eigenvalue weighted by Crippen LogP contribution is 2.45. The van der Waals surface area contributed by atoms with Gasteiger partial charge in [0, 0.05) is 32.0 Å². The number of thiazole rings is 1. The summed E-state index contributed by atoms with van der Waals surface area (Å²) in [5, 5.41) is 0. The molecule has 1 fully saturated rings. The number of nitrogens with zero attached hydrogens (tertiary/aromatic N) is 2. The number of piperidine rings is 1. The second-order valence-corrected chi connectivity index (χ2v) is 5.90. The second kappa shape index (κ2) is 3.78. The summed E-state index contributed by atoms with van der Waals surface area (Å²) in [7, 11) is 0. The summed E-state index contributed by atoms with van der Waals surface area (Å²) in [6.45, 7) is 6.39. The quantitative estimate of drug-likeness (QED) is 0.717. The van der Waals surface area contributed by atoms with E-state index >= 15 is 0 Å². The molecule has 0 radical (unpaired) electrons. The van der Waals surface area contributed by atoms with Gasteiger partial charge in [-0.25, -0.2) is 9.78 Å². The number of rotatable bonds is 1. The van der Waals surface area contributed by atoms with Gasteiger partial charge in [0.15, 0.2) is 11.3 Å². The Morgan fingerprint density at radius 1 is 1.47 bits per heavy atom. The van der Waals surface area contributed by atoms with Gasteiger partial charge in [-0.2, -0.15) is 0 Å². The molecule has 0 aromatic carbocycles. The summed E-state index contributed by atoms with van der Waals surface area (Å²) in [5.41, 5.74) is 1.94. The van der Waals surface area contributed by atoms with Crippen LogP contribution in [0.3, 0.4) is 0 Å². The lowest BCUT2D eigenvalue weighted by Gasteiger charge is -2.39. The van der Waals surface area contributed by atoms with Crippen molar-refractivity contribution >= 4 is 17.3 Å². The van der Waals surface area contributed by atoms with Gasteiger partial charge in [0.1, 0.15) is 0 Å². The average molecular weight is 252 g/mol. The summed E-state index contributed by atoms with van der Waals surface area (Å²) in [5.74, 6) is -0.237. The van der Waals surface area contributed by atoms with Gasteiger partial charge >= 0.3 is 5.97 Å². The average Bonchev–Trinajstić information content (AvgIpc) is 2.86. The molecule has 1 aromatic heterocycles. The third-order valence-electron chi connectivity index (χ3n) is 3.80. The summed E-state index contributed by atoms with van der Waals surface area (Å²) >= 11 is 1.56. The molecule has 3 rings (SSSR count). The van der Waals surface area contributed by atoms with E-state index in [0.717, 1.165) is 30.8 Å². The van der Waals surface area contributed by atoms with Gasteiger partial charge in [0.2, 0.25) is 0 Å². The highest BCUT2D eigenvalue weighted by atomic mass is 32.1. The molecule has 2 aliphatic heterocycles. The molecular weight excluding hydrogens is 236 g/mol. The molecule has 2 aliphatic rings. The van der Waals surface area contributed by atoms with Crippen LogP contribution in [0.1, 0.15) is 42.1 Å². The summed E-state index contributed by atoms with van der Waals surface area (Å²) in [6, 6.07) is 0.561. The van der Waals surface area contributed by atoms with Crippen LogP contribution in [-0.2, 0) is 10.3 Å². The SMILES string of the molecule is CC(C)N1CCC2(CC1)OC(=O)c1ncsc12. The van der Waals surface area contributed by atoms with Crippen LogP contribution in [-0.4, -0.2) is 35.0 Å². The topological polar surface area (TPSA) is 42.4 Å². The first-order chi connectivity index (χ1) is 8.12. The number of carbonyl (C=O) groups excluding carboxylic acids is 1. The zero-order chi connectivity index (χ0) is 12.0. The predicted octanol–water partition coefficient (Wildman–Crippen LogP) is 2.01. The monoisotopic (exact) mass is 252 g/mol. The van der Waals surface area contributed by atoms with Gasteiger partial charge in [0.25, 0.3) is 0 Å². The molecule has 0 unspecified atom stereocenters. The molecule has 0 N–H and O–H groups in total. The van der Waals surface area contributed by atoms with E-state index in [0.29, 0.717) is 11.7 Å². The first-order valence-electron chi connectivity index (χ1n) is 6.04. The van der Waals surface area contributed by atoms with Crippen molar-refractivity contribution in [3.63, 3.8) is 0 Å². The number of aromatic nitrogens is 1. The highest BCUT2D eigenvalue weighted by Gasteiger charge is 2.49. The number of hydrogen-bond donors (Lipinski definition) is 0. The zero-order valence-electron chi connectivity index (χ0n) is 10.1. The highest BCUT2D eigenvalue weighted by molar-refractivity contribution is 7.10. The lowest BCUT2D eigenvalue weighted by molar-refractivity contribution is -0.0455. The number of likely N-dealkylation sites (tertiary alicyclic amines) is 1. The van der Waals surface area contributed by atoms with Crippen LogP contribution in [0.25, 0.3) is 0 Å². The van der Waals surface area contributed by atoms with Gasteiger partial charge in [-0.05, 0) is 13.8 Å². The molecular formula is C12H16N2O2S. The molecule has 0 saturated carbocycles. The van der Waals surface area contributed by atoms with Crippen molar-refractivity contribution in [2.75, 3.05) is 13.1 Å². The van der Waals surface area contributed by atoms with Crippen LogP contribution >= 0.6 is 11.3 Å². The number of esters is 1. The Balaban J connectivity index is 1.85. The molecule has 0 amide bonds. The van der Waals surface area contributed by atoms with E-state index < -0.39 is 0 Å². The van der Waals surface area contributed by atoms with Crippen LogP contribution < -0.4 is 0 Å². The third kappa shape index (κ3) is 1.60. The smallest absolute Gasteiger partial charge is 0.359 e. The van der Waals surface area contributed by atoms with Crippen molar-refractivity contribution < 1.29 is 9.53 Å². The van der Waals surface area contributed by atoms with Crippen molar-refractivity contribution in [2.45, 2.75) is 38.3 Å². The fourth-order valence-corrected chi connectivity index (χ4v) is 3.69. The van der Waals surface area contributed by atoms with Gasteiger partial charge in [-0.1, -0.05) is 0 Å². The molecule has 0 bridgehead atoms. The van der Waals surface area contributed by atoms with E-state index in [1.54, 1.807) is 16.8 Å². The minimum Gasteiger partial charge on any atom is -0.448 e. The predicted molar refractivity (Wildman–Crippen MR) is 65.2 cm³/mol. The zero-order valence-corrected chi connectivity index (χ0v) is 10.9. The van der Waals surface area contributed by atoms with E-state index in [1.165, 1.54) is 0 Å². The van der Waals surface area contributed by atoms with Crippen molar-refractivity contribution in [2.24, 2.45) is 0 Å². The van der Waals surface area contributed by atoms with Crippen LogP contribution in [0.4, 0.5) is 0 Å². The standard InChI is InChI=1S/C12H16N2O2S/c1-8(2)14-5-3-12(4-6-14)10-9(11(15)16-12)13-7-17-10/h7-8H,3-6H2,1-2H3. The van der Waals surface area contributed by atoms with E-state index in [4.69, 9.17) is 4.74 Å². The van der Waals surface area contributed by atoms with E-state index in [1.807, 2.05) is 0 Å². The summed E-state index contributed by atoms with van der Waals surface area (Å²) in [6.07, 6.45) is 1.79. The molecule has 0 aliphatic carbocycles. The minimum absolute atomic E-state index is 0.237. The van der Waals surface area contributed by atoms with Gasteiger partial charge < -0.3 is 9.64 Å². The molecule has 4 nitrogen and oxygen atoms in total. The van der Waals surface area contributed by atoms with Crippen LogP contribution in [0.15, 0.2) is 5.51 Å². The van der Waals surface area contributed by atoms with Crippen molar-refractivity contribution in [3.8, 4) is 0 Å². The van der Waals surface area contributed by atoms with Crippen molar-refractivity contribution in [1.82, 2.24) is 9.88 Å². The van der Waals surface area contributed by atoms with Crippen LogP contribution in [0.5, 0.6) is 0 Å². The summed E-state index contributed by atoms with van der Waals surface area (Å²) < 4.78 is 5.61. The van der Waals surface area contributed by atoms with E-state index in [9.17, 15) is 4.79 Å². The van der Waals surface area contributed by atoms with Gasteiger partial charge in [0.05, 0.1) is 10.4 Å². The first kappa shape index (κ1) is 11.2. The maximum atomic E-state index is 11.7. The van der Waals surface area contributed by atoms with Gasteiger partial charge in [-0.3, -0.25) is 0 Å². The minimum atomic E-state index is -0.362. The maximum absolute atomic E-state index is 11.7. The molecule has 5 heteroatoms. The molecule has 1 aromatic rings. The number of ether oxygens (including phenoxy) is 1. The third-order valence-corrected chi connectivity index (χ3v) is 4.81.